The molecule has 1 N–H and O–H groups in total. The van der Waals surface area contributed by atoms with Crippen molar-refractivity contribution in [3.05, 3.63) is 0 Å². The first-order valence-electron chi connectivity index (χ1n) is 8.48. The van der Waals surface area contributed by atoms with Crippen LogP contribution in [0, 0.1) is 0 Å². The summed E-state index contributed by atoms with van der Waals surface area (Å²) in [6.07, 6.45) is 5.58. The molecular formula is C16H28N2O4. The van der Waals surface area contributed by atoms with Crippen molar-refractivity contribution in [1.29, 1.82) is 0 Å². The third kappa shape index (κ3) is 5.93. The van der Waals surface area contributed by atoms with Gasteiger partial charge in [-0.25, -0.2) is 0 Å². The molecule has 2 saturated heterocycles. The Balaban J connectivity index is 1.78. The average molecular weight is 312 g/mol. The van der Waals surface area contributed by atoms with Crippen molar-refractivity contribution < 1.29 is 19.4 Å². The number of carbonyl (C=O) groups is 2. The predicted molar refractivity (Wildman–Crippen MR) is 82.7 cm³/mol. The van der Waals surface area contributed by atoms with Crippen molar-refractivity contribution >= 4 is 11.9 Å². The summed E-state index contributed by atoms with van der Waals surface area (Å²) < 4.78 is 5.90. The van der Waals surface area contributed by atoms with Gasteiger partial charge in [0.2, 0.25) is 5.91 Å². The summed E-state index contributed by atoms with van der Waals surface area (Å²) in [7, 11) is 0. The lowest BCUT2D eigenvalue weighted by Gasteiger charge is -2.31. The van der Waals surface area contributed by atoms with E-state index in [9.17, 15) is 9.59 Å². The summed E-state index contributed by atoms with van der Waals surface area (Å²) in [5.74, 6) is -0.773. The number of amides is 1. The van der Waals surface area contributed by atoms with Gasteiger partial charge in [-0.1, -0.05) is 6.42 Å². The Morgan fingerprint density at radius 1 is 1.05 bits per heavy atom. The summed E-state index contributed by atoms with van der Waals surface area (Å²) in [6.45, 7) is 5.24. The summed E-state index contributed by atoms with van der Waals surface area (Å²) in [4.78, 5) is 27.1. The van der Waals surface area contributed by atoms with Crippen molar-refractivity contribution in [2.45, 2.75) is 51.0 Å². The highest BCUT2D eigenvalue weighted by Crippen LogP contribution is 2.14. The van der Waals surface area contributed by atoms with Gasteiger partial charge in [0, 0.05) is 39.1 Å². The third-order valence-electron chi connectivity index (χ3n) is 4.39. The van der Waals surface area contributed by atoms with E-state index in [1.807, 2.05) is 4.90 Å². The smallest absolute Gasteiger partial charge is 0.303 e. The van der Waals surface area contributed by atoms with Crippen molar-refractivity contribution in [3.63, 3.8) is 0 Å². The molecule has 2 heterocycles. The molecule has 0 aromatic rings. The van der Waals surface area contributed by atoms with Gasteiger partial charge >= 0.3 is 5.97 Å². The normalized spacial score (nSPS) is 24.0. The van der Waals surface area contributed by atoms with E-state index >= 15 is 0 Å². The van der Waals surface area contributed by atoms with Crippen LogP contribution >= 0.6 is 0 Å². The van der Waals surface area contributed by atoms with Crippen LogP contribution in [0.25, 0.3) is 0 Å². The molecule has 1 atom stereocenters. The van der Waals surface area contributed by atoms with Crippen LogP contribution in [0.4, 0.5) is 0 Å². The van der Waals surface area contributed by atoms with E-state index in [0.717, 1.165) is 32.6 Å². The van der Waals surface area contributed by atoms with Gasteiger partial charge in [0.15, 0.2) is 0 Å². The zero-order valence-electron chi connectivity index (χ0n) is 13.3. The van der Waals surface area contributed by atoms with Gasteiger partial charge in [0.25, 0.3) is 0 Å². The van der Waals surface area contributed by atoms with E-state index in [4.69, 9.17) is 9.84 Å². The Morgan fingerprint density at radius 3 is 2.55 bits per heavy atom. The second-order valence-corrected chi connectivity index (χ2v) is 6.29. The maximum Gasteiger partial charge on any atom is 0.303 e. The summed E-state index contributed by atoms with van der Waals surface area (Å²) in [6, 6.07) is 0. The quantitative estimate of drug-likeness (QED) is 0.801. The Hall–Kier alpha value is -1.14. The summed E-state index contributed by atoms with van der Waals surface area (Å²) in [5, 5.41) is 8.66. The van der Waals surface area contributed by atoms with Crippen LogP contribution in [-0.4, -0.2) is 72.2 Å². The molecule has 0 aromatic heterocycles. The van der Waals surface area contributed by atoms with Gasteiger partial charge in [-0.15, -0.1) is 0 Å². The molecule has 0 aromatic carbocycles. The monoisotopic (exact) mass is 312 g/mol. The molecule has 0 radical (unpaired) electrons. The molecule has 0 spiro atoms. The highest BCUT2D eigenvalue weighted by molar-refractivity contribution is 5.77. The number of piperidine rings is 1. The molecule has 126 valence electrons. The minimum absolute atomic E-state index is 0.0628. The number of hydrogen-bond donors (Lipinski definition) is 1. The third-order valence-corrected chi connectivity index (χ3v) is 4.39. The molecule has 0 saturated carbocycles. The molecule has 2 aliphatic heterocycles. The van der Waals surface area contributed by atoms with E-state index in [2.05, 4.69) is 4.90 Å². The first-order chi connectivity index (χ1) is 10.6. The van der Waals surface area contributed by atoms with Crippen LogP contribution in [0.2, 0.25) is 0 Å². The van der Waals surface area contributed by atoms with E-state index < -0.39 is 5.97 Å². The minimum atomic E-state index is -0.838. The van der Waals surface area contributed by atoms with Crippen LogP contribution in [0.15, 0.2) is 0 Å². The van der Waals surface area contributed by atoms with Gasteiger partial charge in [-0.3, -0.25) is 9.59 Å². The van der Waals surface area contributed by atoms with E-state index in [-0.39, 0.29) is 18.4 Å². The number of carbonyl (C=O) groups excluding carboxylic acids is 1. The average Bonchev–Trinajstić information content (AvgIpc) is 2.73. The number of aliphatic carboxylic acids is 1. The van der Waals surface area contributed by atoms with Gasteiger partial charge in [0.1, 0.15) is 0 Å². The number of nitrogens with zero attached hydrogens (tertiary/aromatic N) is 2. The Labute approximate surface area is 132 Å². The molecule has 2 fully saturated rings. The second kappa shape index (κ2) is 9.10. The molecule has 1 unspecified atom stereocenters. The largest absolute Gasteiger partial charge is 0.481 e. The molecular weight excluding hydrogens is 284 g/mol. The van der Waals surface area contributed by atoms with Gasteiger partial charge in [0.05, 0.1) is 6.10 Å². The fourth-order valence-corrected chi connectivity index (χ4v) is 3.21. The van der Waals surface area contributed by atoms with Crippen LogP contribution in [0.1, 0.15) is 44.9 Å². The lowest BCUT2D eigenvalue weighted by Crippen LogP contribution is -2.43. The lowest BCUT2D eigenvalue weighted by atomic mass is 10.1. The van der Waals surface area contributed by atoms with Crippen molar-refractivity contribution in [1.82, 2.24) is 9.80 Å². The number of likely N-dealkylation sites (tertiary alicyclic amines) is 1. The van der Waals surface area contributed by atoms with Crippen LogP contribution in [0.5, 0.6) is 0 Å². The molecule has 6 nitrogen and oxygen atoms in total. The molecule has 2 aliphatic rings. The van der Waals surface area contributed by atoms with Crippen LogP contribution in [-0.2, 0) is 14.3 Å². The number of carboxylic acids is 1. The van der Waals surface area contributed by atoms with Crippen molar-refractivity contribution in [3.8, 4) is 0 Å². The van der Waals surface area contributed by atoms with E-state index in [1.165, 1.54) is 19.3 Å². The number of rotatable bonds is 6. The number of ether oxygens (including phenoxy) is 1. The van der Waals surface area contributed by atoms with Crippen molar-refractivity contribution in [2.24, 2.45) is 0 Å². The van der Waals surface area contributed by atoms with Gasteiger partial charge in [-0.05, 0) is 38.8 Å². The van der Waals surface area contributed by atoms with Crippen LogP contribution in [0.3, 0.4) is 0 Å². The number of carboxylic acid groups (broad SMARTS) is 1. The maximum absolute atomic E-state index is 12.2. The van der Waals surface area contributed by atoms with Gasteiger partial charge < -0.3 is 19.6 Å². The molecule has 6 heteroatoms. The zero-order chi connectivity index (χ0) is 15.8. The Morgan fingerprint density at radius 2 is 1.82 bits per heavy atom. The van der Waals surface area contributed by atoms with E-state index in [1.54, 1.807) is 0 Å². The minimum Gasteiger partial charge on any atom is -0.481 e. The number of hydrogen-bond acceptors (Lipinski definition) is 4. The molecule has 0 aliphatic carbocycles. The SMILES string of the molecule is O=C(O)CCCC(=O)N1CCCOC(CN2CCCCC2)C1. The lowest BCUT2D eigenvalue weighted by molar-refractivity contribution is -0.137. The topological polar surface area (TPSA) is 70.1 Å². The second-order valence-electron chi connectivity index (χ2n) is 6.29. The summed E-state index contributed by atoms with van der Waals surface area (Å²) >= 11 is 0. The summed E-state index contributed by atoms with van der Waals surface area (Å²) in [5.41, 5.74) is 0. The van der Waals surface area contributed by atoms with E-state index in [0.29, 0.717) is 26.0 Å². The standard InChI is InChI=1S/C16H28N2O4/c19-15(6-4-7-16(20)21)18-10-5-11-22-14(13-18)12-17-8-2-1-3-9-17/h14H,1-13H2,(H,20,21). The molecule has 0 bridgehead atoms. The zero-order valence-corrected chi connectivity index (χ0v) is 13.3. The first kappa shape index (κ1) is 17.2. The Kier molecular flexibility index (Phi) is 7.12. The van der Waals surface area contributed by atoms with Crippen LogP contribution < -0.4 is 0 Å². The molecule has 2 rings (SSSR count). The Bertz CT molecular complexity index is 369. The highest BCUT2D eigenvalue weighted by atomic mass is 16.5. The molecule has 1 amide bonds. The predicted octanol–water partition coefficient (Wildman–Crippen LogP) is 1.34. The maximum atomic E-state index is 12.2. The fourth-order valence-electron chi connectivity index (χ4n) is 3.21. The molecule has 22 heavy (non-hydrogen) atoms. The highest BCUT2D eigenvalue weighted by Gasteiger charge is 2.24. The van der Waals surface area contributed by atoms with Gasteiger partial charge in [-0.2, -0.15) is 0 Å². The van der Waals surface area contributed by atoms with Crippen molar-refractivity contribution in [2.75, 3.05) is 39.3 Å². The fraction of sp³-hybridized carbons (Fsp3) is 0.875. The first-order valence-corrected chi connectivity index (χ1v) is 8.48.